The van der Waals surface area contributed by atoms with Gasteiger partial charge in [-0.1, -0.05) is 30.0 Å². The lowest BCUT2D eigenvalue weighted by Crippen LogP contribution is -2.33. The standard InChI is InChI=1S/C22H21N3OS/c1-24-13-16(19-5-3-4-6-20(19)24)11-17-12-23-22-25(17)21(14-27-22)15-7-9-18(26-2)10-8-15/h3-10,13-14,17H,11-12H2,1-2H3. The van der Waals surface area contributed by atoms with Gasteiger partial charge in [-0.3, -0.25) is 4.99 Å². The van der Waals surface area contributed by atoms with Crippen LogP contribution in [0.2, 0.25) is 0 Å². The lowest BCUT2D eigenvalue weighted by atomic mass is 10.0. The van der Waals surface area contributed by atoms with Crippen LogP contribution >= 0.6 is 11.8 Å². The van der Waals surface area contributed by atoms with Gasteiger partial charge >= 0.3 is 0 Å². The molecule has 1 aromatic heterocycles. The Labute approximate surface area is 163 Å². The van der Waals surface area contributed by atoms with Crippen LogP contribution in [-0.2, 0) is 13.5 Å². The summed E-state index contributed by atoms with van der Waals surface area (Å²) in [5, 5.41) is 4.68. The Balaban J connectivity index is 1.45. The summed E-state index contributed by atoms with van der Waals surface area (Å²) in [5.41, 5.74) is 5.12. The highest BCUT2D eigenvalue weighted by molar-refractivity contribution is 8.16. The second kappa shape index (κ2) is 6.50. The lowest BCUT2D eigenvalue weighted by Gasteiger charge is -2.26. The van der Waals surface area contributed by atoms with Gasteiger partial charge in [0.1, 0.15) is 5.75 Å². The molecule has 0 amide bonds. The van der Waals surface area contributed by atoms with Gasteiger partial charge < -0.3 is 14.2 Å². The number of para-hydroxylation sites is 1. The van der Waals surface area contributed by atoms with Crippen molar-refractivity contribution in [1.29, 1.82) is 0 Å². The Kier molecular flexibility index (Phi) is 3.97. The van der Waals surface area contributed by atoms with Crippen molar-refractivity contribution in [1.82, 2.24) is 9.47 Å². The van der Waals surface area contributed by atoms with Crippen molar-refractivity contribution in [2.24, 2.45) is 12.0 Å². The van der Waals surface area contributed by atoms with Crippen LogP contribution in [0, 0.1) is 0 Å². The van der Waals surface area contributed by atoms with Crippen molar-refractivity contribution in [3.63, 3.8) is 0 Å². The van der Waals surface area contributed by atoms with Crippen molar-refractivity contribution < 1.29 is 4.74 Å². The topological polar surface area (TPSA) is 29.8 Å². The van der Waals surface area contributed by atoms with Crippen molar-refractivity contribution in [3.05, 3.63) is 71.3 Å². The van der Waals surface area contributed by atoms with E-state index in [1.165, 1.54) is 27.7 Å². The zero-order chi connectivity index (χ0) is 18.4. The fourth-order valence-corrected chi connectivity index (χ4v) is 5.00. The molecule has 0 saturated carbocycles. The fraction of sp³-hybridized carbons (Fsp3) is 0.227. The molecule has 0 N–H and O–H groups in total. The van der Waals surface area contributed by atoms with Gasteiger partial charge in [-0.25, -0.2) is 0 Å². The molecule has 4 nitrogen and oxygen atoms in total. The Morgan fingerprint density at radius 3 is 2.78 bits per heavy atom. The molecule has 0 aliphatic carbocycles. The molecule has 3 heterocycles. The number of amidine groups is 1. The van der Waals surface area contributed by atoms with Crippen LogP contribution in [0.3, 0.4) is 0 Å². The number of methoxy groups -OCH3 is 1. The molecule has 0 radical (unpaired) electrons. The molecular formula is C22H21N3OS. The van der Waals surface area contributed by atoms with E-state index in [9.17, 15) is 0 Å². The number of ether oxygens (including phenoxy) is 1. The van der Waals surface area contributed by atoms with E-state index in [-0.39, 0.29) is 0 Å². The van der Waals surface area contributed by atoms with Crippen molar-refractivity contribution in [3.8, 4) is 5.75 Å². The average molecular weight is 375 g/mol. The number of hydrogen-bond acceptors (Lipinski definition) is 4. The van der Waals surface area contributed by atoms with E-state index < -0.39 is 0 Å². The summed E-state index contributed by atoms with van der Waals surface area (Å²) >= 11 is 1.73. The SMILES string of the molecule is COc1ccc(C2=CSC3=NCC(Cc4cn(C)c5ccccc45)N23)cc1. The summed E-state index contributed by atoms with van der Waals surface area (Å²) in [6.45, 7) is 0.846. The summed E-state index contributed by atoms with van der Waals surface area (Å²) in [5.74, 6) is 0.882. The smallest absolute Gasteiger partial charge is 0.168 e. The quantitative estimate of drug-likeness (QED) is 0.672. The molecule has 5 rings (SSSR count). The number of nitrogens with zero attached hydrogens (tertiary/aromatic N) is 3. The number of rotatable bonds is 4. The third-order valence-electron chi connectivity index (χ3n) is 5.36. The Bertz CT molecular complexity index is 1060. The van der Waals surface area contributed by atoms with Crippen LogP contribution in [0.1, 0.15) is 11.1 Å². The first-order valence-corrected chi connectivity index (χ1v) is 10.0. The maximum Gasteiger partial charge on any atom is 0.168 e. The Morgan fingerprint density at radius 2 is 1.96 bits per heavy atom. The zero-order valence-corrected chi connectivity index (χ0v) is 16.2. The first-order chi connectivity index (χ1) is 13.2. The Hall–Kier alpha value is -2.66. The van der Waals surface area contributed by atoms with E-state index in [1.54, 1.807) is 18.9 Å². The van der Waals surface area contributed by atoms with Gasteiger partial charge in [0.15, 0.2) is 5.17 Å². The average Bonchev–Trinajstić information content (AvgIpc) is 3.38. The maximum atomic E-state index is 5.30. The third kappa shape index (κ3) is 2.73. The molecule has 27 heavy (non-hydrogen) atoms. The van der Waals surface area contributed by atoms with E-state index >= 15 is 0 Å². The minimum Gasteiger partial charge on any atom is -0.497 e. The molecule has 0 spiro atoms. The van der Waals surface area contributed by atoms with Gasteiger partial charge in [-0.2, -0.15) is 0 Å². The van der Waals surface area contributed by atoms with E-state index in [0.717, 1.165) is 23.9 Å². The number of aryl methyl sites for hydroxylation is 1. The molecule has 1 atom stereocenters. The molecule has 0 saturated heterocycles. The summed E-state index contributed by atoms with van der Waals surface area (Å²) in [7, 11) is 3.82. The molecule has 3 aromatic rings. The van der Waals surface area contributed by atoms with E-state index in [2.05, 4.69) is 64.5 Å². The van der Waals surface area contributed by atoms with Gasteiger partial charge in [0.05, 0.1) is 25.4 Å². The molecular weight excluding hydrogens is 354 g/mol. The summed E-state index contributed by atoms with van der Waals surface area (Å²) in [6, 6.07) is 17.3. The second-order valence-electron chi connectivity index (χ2n) is 6.98. The van der Waals surface area contributed by atoms with Crippen molar-refractivity contribution >= 4 is 33.5 Å². The van der Waals surface area contributed by atoms with Gasteiger partial charge in [0.2, 0.25) is 0 Å². The summed E-state index contributed by atoms with van der Waals surface area (Å²) in [4.78, 5) is 7.20. The molecule has 2 aliphatic rings. The Morgan fingerprint density at radius 1 is 1.15 bits per heavy atom. The largest absolute Gasteiger partial charge is 0.497 e. The minimum absolute atomic E-state index is 0.356. The molecule has 5 heteroatoms. The van der Waals surface area contributed by atoms with Crippen LogP contribution in [0.5, 0.6) is 5.75 Å². The van der Waals surface area contributed by atoms with Crippen LogP contribution in [0.15, 0.2) is 65.1 Å². The molecule has 0 fully saturated rings. The van der Waals surface area contributed by atoms with Gasteiger partial charge in [-0.15, -0.1) is 0 Å². The summed E-state index contributed by atoms with van der Waals surface area (Å²) < 4.78 is 7.52. The number of aromatic nitrogens is 1. The van der Waals surface area contributed by atoms with Crippen LogP contribution < -0.4 is 4.74 Å². The highest BCUT2D eigenvalue weighted by Gasteiger charge is 2.35. The van der Waals surface area contributed by atoms with Crippen molar-refractivity contribution in [2.75, 3.05) is 13.7 Å². The van der Waals surface area contributed by atoms with E-state index in [0.29, 0.717) is 6.04 Å². The number of fused-ring (bicyclic) bond motifs is 2. The normalized spacial score (nSPS) is 18.6. The highest BCUT2D eigenvalue weighted by atomic mass is 32.2. The third-order valence-corrected chi connectivity index (χ3v) is 6.24. The fourth-order valence-electron chi connectivity index (χ4n) is 4.02. The highest BCUT2D eigenvalue weighted by Crippen LogP contribution is 2.39. The molecule has 1 unspecified atom stereocenters. The number of benzene rings is 2. The zero-order valence-electron chi connectivity index (χ0n) is 15.4. The first-order valence-electron chi connectivity index (χ1n) is 9.12. The molecule has 136 valence electrons. The second-order valence-corrected chi connectivity index (χ2v) is 7.82. The molecule has 2 aliphatic heterocycles. The summed E-state index contributed by atoms with van der Waals surface area (Å²) in [6.07, 6.45) is 3.26. The predicted octanol–water partition coefficient (Wildman–Crippen LogP) is 4.52. The number of aliphatic imine (C=N–C) groups is 1. The maximum absolute atomic E-state index is 5.30. The van der Waals surface area contributed by atoms with Crippen molar-refractivity contribution in [2.45, 2.75) is 12.5 Å². The van der Waals surface area contributed by atoms with E-state index in [4.69, 9.17) is 9.73 Å². The number of thioether (sulfide) groups is 1. The molecule has 2 aromatic carbocycles. The van der Waals surface area contributed by atoms with Gasteiger partial charge in [0, 0.05) is 29.6 Å². The van der Waals surface area contributed by atoms with Gasteiger partial charge in [0.25, 0.3) is 0 Å². The lowest BCUT2D eigenvalue weighted by molar-refractivity contribution is 0.414. The van der Waals surface area contributed by atoms with E-state index in [1.807, 2.05) is 12.1 Å². The monoisotopic (exact) mass is 375 g/mol. The predicted molar refractivity (Wildman–Crippen MR) is 113 cm³/mol. The first kappa shape index (κ1) is 16.5. The van der Waals surface area contributed by atoms with Crippen LogP contribution in [0.25, 0.3) is 16.6 Å². The molecule has 0 bridgehead atoms. The van der Waals surface area contributed by atoms with Crippen LogP contribution in [-0.4, -0.2) is 34.3 Å². The number of hydrogen-bond donors (Lipinski definition) is 0. The van der Waals surface area contributed by atoms with Crippen LogP contribution in [0.4, 0.5) is 0 Å². The minimum atomic E-state index is 0.356. The van der Waals surface area contributed by atoms with Gasteiger partial charge in [-0.05, 0) is 47.9 Å².